The minimum atomic E-state index is -3.00. The van der Waals surface area contributed by atoms with Crippen LogP contribution in [0, 0.1) is 0 Å². The Labute approximate surface area is 122 Å². The van der Waals surface area contributed by atoms with E-state index in [2.05, 4.69) is 0 Å². The molecule has 0 aromatic rings. The minimum absolute atomic E-state index is 0.0469. The predicted molar refractivity (Wildman–Crippen MR) is 82.6 cm³/mol. The highest BCUT2D eigenvalue weighted by molar-refractivity contribution is 8.15. The second-order valence-electron chi connectivity index (χ2n) is 4.13. The summed E-state index contributed by atoms with van der Waals surface area (Å²) >= 11 is 38.3. The average Bonchev–Trinajstić information content (AvgIpc) is 2.02. The number of halogens is 6. The van der Waals surface area contributed by atoms with Crippen molar-refractivity contribution in [2.75, 3.05) is 0 Å². The van der Waals surface area contributed by atoms with Gasteiger partial charge in [0.1, 0.15) is 0 Å². The van der Waals surface area contributed by atoms with Gasteiger partial charge in [0.15, 0.2) is 0 Å². The van der Waals surface area contributed by atoms with Crippen molar-refractivity contribution in [1.29, 1.82) is 0 Å². The molecule has 0 heterocycles. The third kappa shape index (κ3) is 3.24. The van der Waals surface area contributed by atoms with Gasteiger partial charge >= 0.3 is 0 Å². The van der Waals surface area contributed by atoms with Gasteiger partial charge in [-0.15, -0.1) is 66.5 Å². The average molecular weight is 383 g/mol. The smallest absolute Gasteiger partial charge is 0.147 e. The maximum Gasteiger partial charge on any atom is 0.296 e. The molecule has 0 saturated heterocycles. The third-order valence-corrected chi connectivity index (χ3v) is 61.3. The molecule has 0 aromatic heterocycles. The summed E-state index contributed by atoms with van der Waals surface area (Å²) < 4.78 is 0. The quantitative estimate of drug-likeness (QED) is 0.430. The van der Waals surface area contributed by atoms with E-state index in [9.17, 15) is 0 Å². The standard InChI is InChI=1S/C6H14Cl6Si3/c1-5(2)13(7,8)15(11,12)14(9,10)6(3)4/h5-6H,1-4H3. The molecule has 0 N–H and O–H groups in total. The predicted octanol–water partition coefficient (Wildman–Crippen LogP) is 5.72. The Morgan fingerprint density at radius 3 is 0.933 bits per heavy atom. The van der Waals surface area contributed by atoms with Crippen LogP contribution < -0.4 is 0 Å². The molecular weight excluding hydrogens is 369 g/mol. The Morgan fingerprint density at radius 2 is 0.800 bits per heavy atom. The molecule has 0 unspecified atom stereocenters. The topological polar surface area (TPSA) is 0 Å². The molecule has 9 heteroatoms. The van der Waals surface area contributed by atoms with Crippen LogP contribution in [0.1, 0.15) is 27.7 Å². The molecule has 0 rings (SSSR count). The number of hydrogen-bond acceptors (Lipinski definition) is 0. The van der Waals surface area contributed by atoms with Crippen molar-refractivity contribution in [3.63, 3.8) is 0 Å². The van der Waals surface area contributed by atoms with E-state index in [1.807, 2.05) is 27.7 Å². The molecule has 0 saturated carbocycles. The van der Waals surface area contributed by atoms with Gasteiger partial charge < -0.3 is 0 Å². The van der Waals surface area contributed by atoms with E-state index in [-0.39, 0.29) is 11.1 Å². The third-order valence-electron chi connectivity index (χ3n) is 2.29. The van der Waals surface area contributed by atoms with Crippen LogP contribution in [0.5, 0.6) is 0 Å². The van der Waals surface area contributed by atoms with Gasteiger partial charge in [-0.2, -0.15) is 0 Å². The van der Waals surface area contributed by atoms with E-state index < -0.39 is 18.2 Å². The van der Waals surface area contributed by atoms with E-state index in [1.54, 1.807) is 0 Å². The first-order valence-corrected chi connectivity index (χ1v) is 18.7. The minimum Gasteiger partial charge on any atom is -0.147 e. The first-order valence-electron chi connectivity index (χ1n) is 4.52. The Kier molecular flexibility index (Phi) is 6.46. The van der Waals surface area contributed by atoms with Crippen molar-refractivity contribution in [3.05, 3.63) is 0 Å². The van der Waals surface area contributed by atoms with Gasteiger partial charge in [0.25, 0.3) is 18.2 Å². The molecule has 92 valence electrons. The SMILES string of the molecule is CC(C)[Si](Cl)(Cl)[Si](Cl)(Cl)[Si](Cl)(Cl)C(C)C. The maximum atomic E-state index is 6.41. The Bertz CT molecular complexity index is 205. The molecule has 0 radical (unpaired) electrons. The van der Waals surface area contributed by atoms with Gasteiger partial charge in [-0.25, -0.2) is 0 Å². The second kappa shape index (κ2) is 5.57. The van der Waals surface area contributed by atoms with Crippen LogP contribution in [0.15, 0.2) is 0 Å². The highest BCUT2D eigenvalue weighted by Crippen LogP contribution is 2.52. The lowest BCUT2D eigenvalue weighted by Crippen LogP contribution is -2.65. The van der Waals surface area contributed by atoms with Crippen molar-refractivity contribution < 1.29 is 0 Å². The summed E-state index contributed by atoms with van der Waals surface area (Å²) in [4.78, 5) is 0. The van der Waals surface area contributed by atoms with Crippen LogP contribution in [0.25, 0.3) is 0 Å². The zero-order chi connectivity index (χ0) is 12.7. The molecule has 0 fully saturated rings. The highest BCUT2D eigenvalue weighted by Gasteiger charge is 2.69. The van der Waals surface area contributed by atoms with Gasteiger partial charge in [-0.3, -0.25) is 0 Å². The summed E-state index contributed by atoms with van der Waals surface area (Å²) in [6, 6.07) is 0. The fourth-order valence-corrected chi connectivity index (χ4v) is 46.9. The van der Waals surface area contributed by atoms with Crippen molar-refractivity contribution in [2.45, 2.75) is 38.8 Å². The summed E-state index contributed by atoms with van der Waals surface area (Å²) in [6.45, 7) is 7.66. The van der Waals surface area contributed by atoms with Gasteiger partial charge in [-0.05, 0) is 11.1 Å². The summed E-state index contributed by atoms with van der Waals surface area (Å²) in [5, 5.41) is 0. The molecule has 0 spiro atoms. The molecule has 15 heavy (non-hydrogen) atoms. The summed E-state index contributed by atoms with van der Waals surface area (Å²) in [6.07, 6.45) is -5.59. The molecule has 0 aromatic carbocycles. The zero-order valence-corrected chi connectivity index (χ0v) is 16.5. The van der Waals surface area contributed by atoms with Crippen LogP contribution in [-0.4, -0.2) is 18.2 Å². The fourth-order valence-electron chi connectivity index (χ4n) is 0.947. The first kappa shape index (κ1) is 17.4. The van der Waals surface area contributed by atoms with E-state index in [0.29, 0.717) is 0 Å². The van der Waals surface area contributed by atoms with Gasteiger partial charge in [0.05, 0.1) is 0 Å². The fraction of sp³-hybridized carbons (Fsp3) is 1.00. The molecule has 0 bridgehead atoms. The van der Waals surface area contributed by atoms with Gasteiger partial charge in [-0.1, -0.05) is 27.7 Å². The molecule has 0 aliphatic carbocycles. The first-order chi connectivity index (χ1) is 6.39. The largest absolute Gasteiger partial charge is 0.296 e. The van der Waals surface area contributed by atoms with Crippen LogP contribution in [0.3, 0.4) is 0 Å². The summed E-state index contributed by atoms with van der Waals surface area (Å²) in [5.74, 6) is 0. The zero-order valence-electron chi connectivity index (χ0n) is 8.92. The van der Waals surface area contributed by atoms with Crippen molar-refractivity contribution in [3.8, 4) is 0 Å². The van der Waals surface area contributed by atoms with Crippen molar-refractivity contribution in [2.24, 2.45) is 0 Å². The molecule has 0 nitrogen and oxygen atoms in total. The molecule has 0 atom stereocenters. The van der Waals surface area contributed by atoms with Crippen LogP contribution >= 0.6 is 66.5 Å². The number of hydrogen-bond donors (Lipinski definition) is 0. The van der Waals surface area contributed by atoms with Gasteiger partial charge in [0, 0.05) is 0 Å². The normalized spacial score (nSPS) is 15.2. The van der Waals surface area contributed by atoms with E-state index in [0.717, 1.165) is 0 Å². The molecule has 0 amide bonds. The Hall–Kier alpha value is 2.39. The monoisotopic (exact) mass is 380 g/mol. The molecular formula is C6H14Cl6Si3. The lowest BCUT2D eigenvalue weighted by molar-refractivity contribution is 1.05. The lowest BCUT2D eigenvalue weighted by Gasteiger charge is -2.39. The Morgan fingerprint density at radius 1 is 0.600 bits per heavy atom. The molecule has 0 aliphatic heterocycles. The summed E-state index contributed by atoms with van der Waals surface area (Å²) in [7, 11) is 0. The molecule has 0 aliphatic rings. The Balaban J connectivity index is 5.30. The highest BCUT2D eigenvalue weighted by atomic mass is 35.8. The second-order valence-corrected chi connectivity index (χ2v) is 40.7. The number of rotatable bonds is 4. The van der Waals surface area contributed by atoms with Gasteiger partial charge in [0.2, 0.25) is 0 Å². The van der Waals surface area contributed by atoms with E-state index in [4.69, 9.17) is 66.5 Å². The van der Waals surface area contributed by atoms with Crippen LogP contribution in [0.4, 0.5) is 0 Å². The van der Waals surface area contributed by atoms with Crippen LogP contribution in [0.2, 0.25) is 11.1 Å². The van der Waals surface area contributed by atoms with Crippen molar-refractivity contribution in [1.82, 2.24) is 0 Å². The van der Waals surface area contributed by atoms with Crippen molar-refractivity contribution >= 4 is 84.6 Å². The lowest BCUT2D eigenvalue weighted by atomic mass is 10.6. The van der Waals surface area contributed by atoms with E-state index in [1.165, 1.54) is 0 Å². The van der Waals surface area contributed by atoms with E-state index >= 15 is 0 Å². The maximum absolute atomic E-state index is 6.41. The van der Waals surface area contributed by atoms with Crippen LogP contribution in [-0.2, 0) is 0 Å². The summed E-state index contributed by atoms with van der Waals surface area (Å²) in [5.41, 5.74) is -2.91.